The molecule has 1 aliphatic heterocycles. The Morgan fingerprint density at radius 2 is 2.35 bits per heavy atom. The van der Waals surface area contributed by atoms with Crippen LogP contribution in [0.2, 0.25) is 0 Å². The van der Waals surface area contributed by atoms with Gasteiger partial charge in [-0.2, -0.15) is 0 Å². The van der Waals surface area contributed by atoms with E-state index in [1.54, 1.807) is 11.1 Å². The highest BCUT2D eigenvalue weighted by atomic mass is 32.2. The fraction of sp³-hybridized carbons (Fsp3) is 0.692. The number of hydrogen-bond acceptors (Lipinski definition) is 5. The molecule has 0 aliphatic carbocycles. The SMILES string of the molecule is CC(C)(C)OC(=O)N1CCC(CS(=O)c2nccs2)C1. The van der Waals surface area contributed by atoms with Gasteiger partial charge in [0.05, 0.1) is 10.8 Å². The maximum Gasteiger partial charge on any atom is 0.410 e. The Hall–Kier alpha value is -0.950. The first-order valence-corrected chi connectivity index (χ1v) is 8.81. The molecule has 1 aromatic heterocycles. The summed E-state index contributed by atoms with van der Waals surface area (Å²) >= 11 is 1.41. The Bertz CT molecular complexity index is 482. The number of nitrogens with zero attached hydrogens (tertiary/aromatic N) is 2. The first-order chi connectivity index (χ1) is 9.35. The van der Waals surface area contributed by atoms with Crippen LogP contribution in [0, 0.1) is 5.92 Å². The molecule has 2 unspecified atom stereocenters. The Morgan fingerprint density at radius 3 is 2.95 bits per heavy atom. The maximum absolute atomic E-state index is 12.1. The average Bonchev–Trinajstić information content (AvgIpc) is 2.97. The molecule has 0 N–H and O–H groups in total. The van der Waals surface area contributed by atoms with E-state index in [4.69, 9.17) is 4.74 Å². The molecule has 5 nitrogen and oxygen atoms in total. The van der Waals surface area contributed by atoms with E-state index < -0.39 is 16.4 Å². The molecule has 7 heteroatoms. The summed E-state index contributed by atoms with van der Waals surface area (Å²) < 4.78 is 18.1. The lowest BCUT2D eigenvalue weighted by atomic mass is 10.2. The number of rotatable bonds is 3. The van der Waals surface area contributed by atoms with Gasteiger partial charge in [-0.3, -0.25) is 4.21 Å². The number of likely N-dealkylation sites (tertiary alicyclic amines) is 1. The Morgan fingerprint density at radius 1 is 1.60 bits per heavy atom. The monoisotopic (exact) mass is 316 g/mol. The van der Waals surface area contributed by atoms with Crippen LogP contribution in [0.3, 0.4) is 0 Å². The third kappa shape index (κ3) is 4.28. The van der Waals surface area contributed by atoms with E-state index in [2.05, 4.69) is 4.98 Å². The standard InChI is InChI=1S/C13H20N2O3S2/c1-13(2,3)18-12(16)15-6-4-10(8-15)9-20(17)11-14-5-7-19-11/h5,7,10H,4,6,8-9H2,1-3H3. The Labute approximate surface area is 125 Å². The summed E-state index contributed by atoms with van der Waals surface area (Å²) in [4.78, 5) is 17.7. The van der Waals surface area contributed by atoms with E-state index in [0.29, 0.717) is 23.2 Å². The summed E-state index contributed by atoms with van der Waals surface area (Å²) in [7, 11) is -1.06. The van der Waals surface area contributed by atoms with Crippen molar-refractivity contribution in [2.45, 2.75) is 37.1 Å². The van der Waals surface area contributed by atoms with Crippen LogP contribution in [-0.2, 0) is 15.5 Å². The van der Waals surface area contributed by atoms with Gasteiger partial charge in [0.25, 0.3) is 0 Å². The number of carbonyl (C=O) groups is 1. The lowest BCUT2D eigenvalue weighted by Gasteiger charge is -2.24. The van der Waals surface area contributed by atoms with Crippen molar-refractivity contribution in [2.75, 3.05) is 18.8 Å². The average molecular weight is 316 g/mol. The predicted molar refractivity (Wildman–Crippen MR) is 79.3 cm³/mol. The van der Waals surface area contributed by atoms with E-state index in [9.17, 15) is 9.00 Å². The first-order valence-electron chi connectivity index (χ1n) is 6.61. The van der Waals surface area contributed by atoms with Gasteiger partial charge in [0, 0.05) is 30.4 Å². The molecule has 1 amide bonds. The van der Waals surface area contributed by atoms with E-state index >= 15 is 0 Å². The maximum atomic E-state index is 12.1. The summed E-state index contributed by atoms with van der Waals surface area (Å²) in [6.07, 6.45) is 2.26. The summed E-state index contributed by atoms with van der Waals surface area (Å²) in [6, 6.07) is 0. The minimum Gasteiger partial charge on any atom is -0.444 e. The van der Waals surface area contributed by atoms with Crippen LogP contribution < -0.4 is 0 Å². The lowest BCUT2D eigenvalue weighted by Crippen LogP contribution is -2.35. The molecule has 0 radical (unpaired) electrons. The number of thiazole rings is 1. The van der Waals surface area contributed by atoms with Gasteiger partial charge < -0.3 is 9.64 Å². The molecule has 0 saturated carbocycles. The zero-order chi connectivity index (χ0) is 14.8. The molecule has 0 spiro atoms. The fourth-order valence-electron chi connectivity index (χ4n) is 2.07. The second kappa shape index (κ2) is 6.22. The van der Waals surface area contributed by atoms with Crippen molar-refractivity contribution in [1.82, 2.24) is 9.88 Å². The molecule has 0 aromatic carbocycles. The summed E-state index contributed by atoms with van der Waals surface area (Å²) in [5.74, 6) is 0.819. The molecule has 112 valence electrons. The highest BCUT2D eigenvalue weighted by Gasteiger charge is 2.31. The number of carbonyl (C=O) groups excluding carboxylic acids is 1. The molecular formula is C13H20N2O3S2. The third-order valence-corrected chi connectivity index (χ3v) is 5.61. The topological polar surface area (TPSA) is 59.5 Å². The van der Waals surface area contributed by atoms with Crippen LogP contribution in [0.4, 0.5) is 4.79 Å². The highest BCUT2D eigenvalue weighted by Crippen LogP contribution is 2.22. The van der Waals surface area contributed by atoms with Gasteiger partial charge in [0.15, 0.2) is 4.34 Å². The first kappa shape index (κ1) is 15.4. The van der Waals surface area contributed by atoms with Gasteiger partial charge in [0.2, 0.25) is 0 Å². The normalized spacial score (nSPS) is 20.9. The van der Waals surface area contributed by atoms with E-state index in [0.717, 1.165) is 6.42 Å². The van der Waals surface area contributed by atoms with Gasteiger partial charge in [-0.05, 0) is 33.1 Å². The van der Waals surface area contributed by atoms with Crippen molar-refractivity contribution in [3.63, 3.8) is 0 Å². The van der Waals surface area contributed by atoms with Gasteiger partial charge in [-0.1, -0.05) is 0 Å². The second-order valence-corrected chi connectivity index (χ2v) is 8.46. The molecule has 20 heavy (non-hydrogen) atoms. The third-order valence-electron chi connectivity index (χ3n) is 2.93. The van der Waals surface area contributed by atoms with Crippen molar-refractivity contribution in [3.05, 3.63) is 11.6 Å². The van der Waals surface area contributed by atoms with Gasteiger partial charge in [-0.25, -0.2) is 9.78 Å². The fourth-order valence-corrected chi connectivity index (χ4v) is 4.25. The Kier molecular flexibility index (Phi) is 4.80. The van der Waals surface area contributed by atoms with Crippen molar-refractivity contribution < 1.29 is 13.7 Å². The van der Waals surface area contributed by atoms with Crippen molar-refractivity contribution in [2.24, 2.45) is 5.92 Å². The van der Waals surface area contributed by atoms with E-state index in [1.807, 2.05) is 26.2 Å². The molecular weight excluding hydrogens is 296 g/mol. The van der Waals surface area contributed by atoms with Crippen LogP contribution in [-0.4, -0.2) is 44.6 Å². The summed E-state index contributed by atoms with van der Waals surface area (Å²) in [5.41, 5.74) is -0.473. The van der Waals surface area contributed by atoms with E-state index in [-0.39, 0.29) is 12.0 Å². The van der Waals surface area contributed by atoms with Crippen LogP contribution in [0.5, 0.6) is 0 Å². The molecule has 1 saturated heterocycles. The number of ether oxygens (including phenoxy) is 1. The van der Waals surface area contributed by atoms with Crippen molar-refractivity contribution >= 4 is 28.2 Å². The minimum atomic E-state index is -1.06. The molecule has 1 fully saturated rings. The molecule has 1 aliphatic rings. The van der Waals surface area contributed by atoms with Crippen molar-refractivity contribution in [3.8, 4) is 0 Å². The summed E-state index contributed by atoms with van der Waals surface area (Å²) in [5, 5.41) is 1.83. The molecule has 2 heterocycles. The predicted octanol–water partition coefficient (Wildman–Crippen LogP) is 2.51. The minimum absolute atomic E-state index is 0.257. The molecule has 2 atom stereocenters. The largest absolute Gasteiger partial charge is 0.444 e. The summed E-state index contributed by atoms with van der Waals surface area (Å²) in [6.45, 7) is 6.86. The highest BCUT2D eigenvalue weighted by molar-refractivity contribution is 7.87. The quantitative estimate of drug-likeness (QED) is 0.859. The van der Waals surface area contributed by atoms with Gasteiger partial charge in [-0.15, -0.1) is 11.3 Å². The zero-order valence-electron chi connectivity index (χ0n) is 12.0. The van der Waals surface area contributed by atoms with E-state index in [1.165, 1.54) is 11.3 Å². The van der Waals surface area contributed by atoms with Crippen LogP contribution in [0.1, 0.15) is 27.2 Å². The lowest BCUT2D eigenvalue weighted by molar-refractivity contribution is 0.0289. The van der Waals surface area contributed by atoms with Crippen molar-refractivity contribution in [1.29, 1.82) is 0 Å². The number of amides is 1. The van der Waals surface area contributed by atoms with Crippen LogP contribution in [0.25, 0.3) is 0 Å². The van der Waals surface area contributed by atoms with Gasteiger partial charge >= 0.3 is 6.09 Å². The zero-order valence-corrected chi connectivity index (χ0v) is 13.6. The molecule has 1 aromatic rings. The number of aromatic nitrogens is 1. The molecule has 0 bridgehead atoms. The Balaban J connectivity index is 1.83. The molecule has 2 rings (SSSR count). The number of hydrogen-bond donors (Lipinski definition) is 0. The smallest absolute Gasteiger partial charge is 0.410 e. The van der Waals surface area contributed by atoms with Gasteiger partial charge in [0.1, 0.15) is 5.60 Å². The second-order valence-electron chi connectivity index (χ2n) is 5.89. The van der Waals surface area contributed by atoms with Crippen LogP contribution >= 0.6 is 11.3 Å². The van der Waals surface area contributed by atoms with Crippen LogP contribution in [0.15, 0.2) is 15.9 Å².